The molecule has 3 aromatic rings. The van der Waals surface area contributed by atoms with Crippen LogP contribution in [0.4, 0.5) is 0 Å². The zero-order valence-electron chi connectivity index (χ0n) is 15.8. The summed E-state index contributed by atoms with van der Waals surface area (Å²) in [7, 11) is 0. The number of amides is 1. The lowest BCUT2D eigenvalue weighted by Crippen LogP contribution is -2.28. The molecule has 2 aromatic carbocycles. The number of carbonyl (C=O) groups is 1. The maximum Gasteiger partial charge on any atom is 0.251 e. The second kappa shape index (κ2) is 8.90. The molecule has 4 heteroatoms. The summed E-state index contributed by atoms with van der Waals surface area (Å²) in [5.74, 6) is 6.66. The molecule has 1 atom stereocenters. The number of rotatable bonds is 6. The van der Waals surface area contributed by atoms with E-state index in [2.05, 4.69) is 22.1 Å². The van der Waals surface area contributed by atoms with Gasteiger partial charge in [0.15, 0.2) is 0 Å². The second-order valence-electron chi connectivity index (χ2n) is 6.70. The number of benzene rings is 2. The van der Waals surface area contributed by atoms with Crippen molar-refractivity contribution in [1.29, 1.82) is 0 Å². The van der Waals surface area contributed by atoms with Gasteiger partial charge in [-0.2, -0.15) is 0 Å². The Kier molecular flexibility index (Phi) is 5.68. The van der Waals surface area contributed by atoms with Crippen LogP contribution in [0.2, 0.25) is 0 Å². The summed E-state index contributed by atoms with van der Waals surface area (Å²) in [6, 6.07) is 19.3. The summed E-state index contributed by atoms with van der Waals surface area (Å²) < 4.78 is 5.81. The SMILES string of the molecule is O=C(NCC1C#CC=C(OCc2ccccc2)C=C1)c1ccc2ncccc2c1. The van der Waals surface area contributed by atoms with Crippen molar-refractivity contribution in [3.8, 4) is 11.8 Å². The van der Waals surface area contributed by atoms with Gasteiger partial charge in [0.1, 0.15) is 12.4 Å². The standard InChI is InChI=1S/C25H20N2O2/c28-25(22-12-14-24-21(16-22)9-5-15-26-24)27-17-19-8-4-10-23(13-11-19)29-18-20-6-2-1-3-7-20/h1-3,5-7,9-16,19H,17-18H2,(H,27,28). The van der Waals surface area contributed by atoms with E-state index in [0.29, 0.717) is 18.7 Å². The van der Waals surface area contributed by atoms with Crippen LogP contribution in [0.1, 0.15) is 15.9 Å². The second-order valence-corrected chi connectivity index (χ2v) is 6.70. The van der Waals surface area contributed by atoms with E-state index >= 15 is 0 Å². The highest BCUT2D eigenvalue weighted by atomic mass is 16.5. The minimum absolute atomic E-state index is 0.0739. The number of ether oxygens (including phenoxy) is 1. The van der Waals surface area contributed by atoms with Crippen LogP contribution in [-0.4, -0.2) is 17.4 Å². The average molecular weight is 380 g/mol. The minimum atomic E-state index is -0.122. The Morgan fingerprint density at radius 1 is 1.10 bits per heavy atom. The first-order valence-corrected chi connectivity index (χ1v) is 9.47. The molecule has 1 aromatic heterocycles. The Bertz CT molecular complexity index is 1140. The zero-order chi connectivity index (χ0) is 19.9. The fraction of sp³-hybridized carbons (Fsp3) is 0.120. The Labute approximate surface area is 169 Å². The van der Waals surface area contributed by atoms with E-state index in [4.69, 9.17) is 4.74 Å². The number of pyridine rings is 1. The van der Waals surface area contributed by atoms with Gasteiger partial charge in [0.05, 0.1) is 11.4 Å². The molecule has 1 aliphatic carbocycles. The first kappa shape index (κ1) is 18.5. The normalized spacial score (nSPS) is 15.0. The minimum Gasteiger partial charge on any atom is -0.488 e. The maximum absolute atomic E-state index is 12.5. The summed E-state index contributed by atoms with van der Waals surface area (Å²) in [6.45, 7) is 0.935. The third-order valence-corrected chi connectivity index (χ3v) is 4.57. The molecule has 1 heterocycles. The van der Waals surface area contributed by atoms with Crippen molar-refractivity contribution >= 4 is 16.8 Å². The van der Waals surface area contributed by atoms with Crippen molar-refractivity contribution in [1.82, 2.24) is 10.3 Å². The van der Waals surface area contributed by atoms with Gasteiger partial charge in [-0.3, -0.25) is 9.78 Å². The van der Waals surface area contributed by atoms with Gasteiger partial charge in [-0.25, -0.2) is 0 Å². The first-order valence-electron chi connectivity index (χ1n) is 9.47. The summed E-state index contributed by atoms with van der Waals surface area (Å²) in [5, 5.41) is 3.90. The number of carbonyl (C=O) groups excluding carboxylic acids is 1. The molecule has 1 N–H and O–H groups in total. The van der Waals surface area contributed by atoms with E-state index in [1.807, 2.05) is 66.7 Å². The van der Waals surface area contributed by atoms with Crippen molar-refractivity contribution in [2.24, 2.45) is 5.92 Å². The summed E-state index contributed by atoms with van der Waals surface area (Å²) in [4.78, 5) is 16.8. The third kappa shape index (κ3) is 4.91. The van der Waals surface area contributed by atoms with E-state index in [-0.39, 0.29) is 11.8 Å². The molecular weight excluding hydrogens is 360 g/mol. The molecule has 1 unspecified atom stereocenters. The van der Waals surface area contributed by atoms with Crippen molar-refractivity contribution in [2.75, 3.05) is 6.54 Å². The number of fused-ring (bicyclic) bond motifs is 1. The van der Waals surface area contributed by atoms with E-state index in [9.17, 15) is 4.79 Å². The quantitative estimate of drug-likeness (QED) is 0.650. The van der Waals surface area contributed by atoms with Crippen molar-refractivity contribution in [3.63, 3.8) is 0 Å². The molecule has 1 aliphatic rings. The summed E-state index contributed by atoms with van der Waals surface area (Å²) >= 11 is 0. The number of nitrogens with one attached hydrogen (secondary N) is 1. The third-order valence-electron chi connectivity index (χ3n) is 4.57. The van der Waals surface area contributed by atoms with Crippen LogP contribution in [0, 0.1) is 17.8 Å². The van der Waals surface area contributed by atoms with Crippen LogP contribution in [0.5, 0.6) is 0 Å². The van der Waals surface area contributed by atoms with Gasteiger partial charge in [-0.05, 0) is 35.9 Å². The molecule has 0 spiro atoms. The van der Waals surface area contributed by atoms with E-state index in [0.717, 1.165) is 22.2 Å². The van der Waals surface area contributed by atoms with Crippen molar-refractivity contribution in [3.05, 3.63) is 102 Å². The van der Waals surface area contributed by atoms with Crippen molar-refractivity contribution in [2.45, 2.75) is 6.61 Å². The molecule has 1 amide bonds. The van der Waals surface area contributed by atoms with Crippen LogP contribution in [0.3, 0.4) is 0 Å². The number of hydrogen-bond acceptors (Lipinski definition) is 3. The average Bonchev–Trinajstić information content (AvgIpc) is 3.01. The van der Waals surface area contributed by atoms with Crippen LogP contribution >= 0.6 is 0 Å². The van der Waals surface area contributed by atoms with Gasteiger partial charge in [0.25, 0.3) is 5.91 Å². The fourth-order valence-corrected chi connectivity index (χ4v) is 3.00. The van der Waals surface area contributed by atoms with Crippen molar-refractivity contribution < 1.29 is 9.53 Å². The zero-order valence-corrected chi connectivity index (χ0v) is 15.8. The largest absolute Gasteiger partial charge is 0.488 e. The van der Waals surface area contributed by atoms with Crippen LogP contribution < -0.4 is 5.32 Å². The summed E-state index contributed by atoms with van der Waals surface area (Å²) in [6.07, 6.45) is 7.36. The van der Waals surface area contributed by atoms with E-state index in [1.165, 1.54) is 0 Å². The van der Waals surface area contributed by atoms with Gasteiger partial charge in [-0.1, -0.05) is 54.3 Å². The van der Waals surface area contributed by atoms with E-state index < -0.39 is 0 Å². The first-order chi connectivity index (χ1) is 14.3. The Morgan fingerprint density at radius 3 is 2.90 bits per heavy atom. The van der Waals surface area contributed by atoms with Crippen LogP contribution in [-0.2, 0) is 11.3 Å². The van der Waals surface area contributed by atoms with Gasteiger partial charge in [-0.15, -0.1) is 0 Å². The molecule has 0 saturated heterocycles. The van der Waals surface area contributed by atoms with Gasteiger partial charge in [0, 0.05) is 29.8 Å². The molecule has 4 nitrogen and oxygen atoms in total. The highest BCUT2D eigenvalue weighted by Gasteiger charge is 2.10. The van der Waals surface area contributed by atoms with Crippen LogP contribution in [0.25, 0.3) is 10.9 Å². The molecule has 0 saturated carbocycles. The van der Waals surface area contributed by atoms with Gasteiger partial charge < -0.3 is 10.1 Å². The predicted molar refractivity (Wildman–Crippen MR) is 114 cm³/mol. The Morgan fingerprint density at radius 2 is 2.00 bits per heavy atom. The van der Waals surface area contributed by atoms with Gasteiger partial charge in [0.2, 0.25) is 0 Å². The monoisotopic (exact) mass is 380 g/mol. The molecular formula is C25H20N2O2. The molecule has 0 radical (unpaired) electrons. The highest BCUT2D eigenvalue weighted by molar-refractivity contribution is 5.97. The Hall–Kier alpha value is -3.84. The smallest absolute Gasteiger partial charge is 0.251 e. The molecule has 0 fully saturated rings. The molecule has 0 aliphatic heterocycles. The van der Waals surface area contributed by atoms with Crippen LogP contribution in [0.15, 0.2) is 90.8 Å². The topological polar surface area (TPSA) is 51.2 Å². The molecule has 4 rings (SSSR count). The highest BCUT2D eigenvalue weighted by Crippen LogP contribution is 2.14. The summed E-state index contributed by atoms with van der Waals surface area (Å²) in [5.41, 5.74) is 2.59. The van der Waals surface area contributed by atoms with Gasteiger partial charge >= 0.3 is 0 Å². The fourth-order valence-electron chi connectivity index (χ4n) is 3.00. The van der Waals surface area contributed by atoms with E-state index in [1.54, 1.807) is 18.3 Å². The Balaban J connectivity index is 1.31. The molecule has 142 valence electrons. The number of hydrogen-bond donors (Lipinski definition) is 1. The lowest BCUT2D eigenvalue weighted by molar-refractivity contribution is 0.0952. The molecule has 0 bridgehead atoms. The predicted octanol–water partition coefficient (Wildman–Crippen LogP) is 4.25. The number of allylic oxidation sites excluding steroid dienone is 2. The lowest BCUT2D eigenvalue weighted by Gasteiger charge is -2.09. The maximum atomic E-state index is 12.5. The number of aromatic nitrogens is 1. The number of nitrogens with zero attached hydrogens (tertiary/aromatic N) is 1. The lowest BCUT2D eigenvalue weighted by atomic mass is 10.1. The molecule has 29 heavy (non-hydrogen) atoms.